The maximum absolute atomic E-state index is 12.2. The van der Waals surface area contributed by atoms with Crippen LogP contribution in [0.2, 0.25) is 5.02 Å². The third-order valence-electron chi connectivity index (χ3n) is 4.35. The molecule has 1 aromatic carbocycles. The van der Waals surface area contributed by atoms with Gasteiger partial charge >= 0.3 is 0 Å². The second-order valence-corrected chi connectivity index (χ2v) is 6.52. The van der Waals surface area contributed by atoms with Gasteiger partial charge in [0, 0.05) is 32.4 Å². The van der Waals surface area contributed by atoms with Crippen molar-refractivity contribution in [3.8, 4) is 0 Å². The number of rotatable bonds is 4. The van der Waals surface area contributed by atoms with Gasteiger partial charge in [-0.15, -0.1) is 0 Å². The molecule has 5 nitrogen and oxygen atoms in total. The number of nitrogens with one attached hydrogen (secondary N) is 1. The van der Waals surface area contributed by atoms with Crippen LogP contribution in [-0.4, -0.2) is 35.3 Å². The monoisotopic (exact) mass is 332 g/mol. The van der Waals surface area contributed by atoms with Crippen molar-refractivity contribution >= 4 is 23.2 Å². The third kappa shape index (κ3) is 3.50. The van der Waals surface area contributed by atoms with Crippen LogP contribution in [-0.2, 0) is 7.05 Å². The van der Waals surface area contributed by atoms with E-state index in [-0.39, 0.29) is 5.91 Å². The van der Waals surface area contributed by atoms with Gasteiger partial charge in [0.15, 0.2) is 0 Å². The van der Waals surface area contributed by atoms with Crippen molar-refractivity contribution in [2.45, 2.75) is 13.3 Å². The van der Waals surface area contributed by atoms with Gasteiger partial charge in [0.05, 0.1) is 11.2 Å². The first kappa shape index (κ1) is 15.9. The van der Waals surface area contributed by atoms with Gasteiger partial charge in [-0.3, -0.25) is 9.48 Å². The molecule has 1 saturated heterocycles. The van der Waals surface area contributed by atoms with Gasteiger partial charge < -0.3 is 10.2 Å². The van der Waals surface area contributed by atoms with Crippen LogP contribution in [0.5, 0.6) is 0 Å². The molecule has 23 heavy (non-hydrogen) atoms. The molecule has 2 heterocycles. The van der Waals surface area contributed by atoms with Crippen LogP contribution < -0.4 is 10.2 Å². The smallest absolute Gasteiger partial charge is 0.271 e. The van der Waals surface area contributed by atoms with Gasteiger partial charge in [-0.05, 0) is 31.4 Å². The van der Waals surface area contributed by atoms with Crippen LogP contribution in [0.25, 0.3) is 0 Å². The number of nitrogens with zero attached hydrogens (tertiary/aromatic N) is 3. The van der Waals surface area contributed by atoms with E-state index in [0.29, 0.717) is 23.2 Å². The van der Waals surface area contributed by atoms with E-state index in [1.807, 2.05) is 0 Å². The van der Waals surface area contributed by atoms with E-state index in [2.05, 4.69) is 46.5 Å². The van der Waals surface area contributed by atoms with Crippen molar-refractivity contribution < 1.29 is 4.79 Å². The van der Waals surface area contributed by atoms with Gasteiger partial charge in [0.2, 0.25) is 0 Å². The molecule has 1 N–H and O–H groups in total. The van der Waals surface area contributed by atoms with Crippen LogP contribution in [0, 0.1) is 12.8 Å². The van der Waals surface area contributed by atoms with E-state index in [0.717, 1.165) is 19.5 Å². The van der Waals surface area contributed by atoms with Crippen LogP contribution in [0.3, 0.4) is 0 Å². The lowest BCUT2D eigenvalue weighted by atomic mass is 10.1. The molecule has 0 aliphatic carbocycles. The van der Waals surface area contributed by atoms with Gasteiger partial charge in [-0.1, -0.05) is 29.3 Å². The molecule has 6 heteroatoms. The second-order valence-electron chi connectivity index (χ2n) is 6.11. The molecule has 1 aromatic heterocycles. The Kier molecular flexibility index (Phi) is 4.57. The van der Waals surface area contributed by atoms with Crippen LogP contribution in [0.15, 0.2) is 30.5 Å². The number of hydrogen-bond acceptors (Lipinski definition) is 3. The van der Waals surface area contributed by atoms with E-state index < -0.39 is 0 Å². The molecule has 1 fully saturated rings. The number of aryl methyl sites for hydroxylation is 2. The Morgan fingerprint density at radius 2 is 2.13 bits per heavy atom. The largest absolute Gasteiger partial charge is 0.371 e. The summed E-state index contributed by atoms with van der Waals surface area (Å²) in [6, 6.07) is 8.58. The van der Waals surface area contributed by atoms with Crippen molar-refractivity contribution in [1.82, 2.24) is 15.1 Å². The van der Waals surface area contributed by atoms with Crippen molar-refractivity contribution in [3.05, 3.63) is 46.7 Å². The average Bonchev–Trinajstić information content (AvgIpc) is 3.13. The Morgan fingerprint density at radius 1 is 1.39 bits per heavy atom. The summed E-state index contributed by atoms with van der Waals surface area (Å²) in [4.78, 5) is 14.6. The highest BCUT2D eigenvalue weighted by Crippen LogP contribution is 2.24. The Hall–Kier alpha value is -2.01. The summed E-state index contributed by atoms with van der Waals surface area (Å²) >= 11 is 6.00. The van der Waals surface area contributed by atoms with E-state index in [9.17, 15) is 4.79 Å². The summed E-state index contributed by atoms with van der Waals surface area (Å²) in [6.45, 7) is 4.73. The van der Waals surface area contributed by atoms with Gasteiger partial charge in [-0.25, -0.2) is 0 Å². The summed E-state index contributed by atoms with van der Waals surface area (Å²) < 4.78 is 1.50. The molecule has 3 rings (SSSR count). The molecule has 1 unspecified atom stereocenters. The number of aromatic nitrogens is 2. The first-order valence-corrected chi connectivity index (χ1v) is 8.19. The van der Waals surface area contributed by atoms with Crippen LogP contribution in [0.4, 0.5) is 5.69 Å². The lowest BCUT2D eigenvalue weighted by Gasteiger charge is -2.19. The number of amides is 1. The highest BCUT2D eigenvalue weighted by molar-refractivity contribution is 6.33. The summed E-state index contributed by atoms with van der Waals surface area (Å²) in [5.41, 5.74) is 2.93. The van der Waals surface area contributed by atoms with E-state index >= 15 is 0 Å². The van der Waals surface area contributed by atoms with Crippen molar-refractivity contribution in [3.63, 3.8) is 0 Å². The Bertz CT molecular complexity index is 676. The SMILES string of the molecule is Cc1ccc(N2CCC(CNC(=O)c3c(Cl)cnn3C)C2)cc1. The number of halogens is 1. The maximum Gasteiger partial charge on any atom is 0.271 e. The lowest BCUT2D eigenvalue weighted by molar-refractivity contribution is 0.0939. The Morgan fingerprint density at radius 3 is 2.78 bits per heavy atom. The Labute approximate surface area is 141 Å². The van der Waals surface area contributed by atoms with Crippen molar-refractivity contribution in [2.24, 2.45) is 13.0 Å². The van der Waals surface area contributed by atoms with E-state index in [1.165, 1.54) is 22.1 Å². The standard InChI is InChI=1S/C17H21ClN4O/c1-12-3-5-14(6-4-12)22-8-7-13(11-22)9-19-17(23)16-15(18)10-20-21(16)2/h3-6,10,13H,7-9,11H2,1-2H3,(H,19,23). The molecule has 2 aromatic rings. The Balaban J connectivity index is 1.54. The molecule has 1 amide bonds. The summed E-state index contributed by atoms with van der Waals surface area (Å²) in [5, 5.41) is 7.36. The molecular weight excluding hydrogens is 312 g/mol. The van der Waals surface area contributed by atoms with Crippen molar-refractivity contribution in [1.29, 1.82) is 0 Å². The second kappa shape index (κ2) is 6.62. The molecule has 1 aliphatic heterocycles. The quantitative estimate of drug-likeness (QED) is 0.936. The third-order valence-corrected chi connectivity index (χ3v) is 4.62. The van der Waals surface area contributed by atoms with Crippen LogP contribution in [0.1, 0.15) is 22.5 Å². The predicted molar refractivity (Wildman–Crippen MR) is 92.1 cm³/mol. The van der Waals surface area contributed by atoms with Gasteiger partial charge in [-0.2, -0.15) is 5.10 Å². The summed E-state index contributed by atoms with van der Waals surface area (Å²) in [5.74, 6) is 0.288. The molecule has 0 saturated carbocycles. The minimum atomic E-state index is -0.163. The zero-order chi connectivity index (χ0) is 16.4. The van der Waals surface area contributed by atoms with Gasteiger partial charge in [0.25, 0.3) is 5.91 Å². The number of anilines is 1. The minimum Gasteiger partial charge on any atom is -0.371 e. The number of carbonyl (C=O) groups is 1. The first-order valence-electron chi connectivity index (χ1n) is 7.82. The van der Waals surface area contributed by atoms with Crippen LogP contribution >= 0.6 is 11.6 Å². The molecule has 1 atom stereocenters. The highest BCUT2D eigenvalue weighted by atomic mass is 35.5. The number of benzene rings is 1. The fraction of sp³-hybridized carbons (Fsp3) is 0.412. The lowest BCUT2D eigenvalue weighted by Crippen LogP contribution is -2.32. The highest BCUT2D eigenvalue weighted by Gasteiger charge is 2.24. The summed E-state index contributed by atoms with van der Waals surface area (Å²) in [6.07, 6.45) is 2.57. The predicted octanol–water partition coefficient (Wildman–Crippen LogP) is 2.64. The van der Waals surface area contributed by atoms with E-state index in [4.69, 9.17) is 11.6 Å². The normalized spacial score (nSPS) is 17.5. The number of carbonyl (C=O) groups excluding carboxylic acids is 1. The topological polar surface area (TPSA) is 50.2 Å². The fourth-order valence-corrected chi connectivity index (χ4v) is 3.23. The molecule has 0 spiro atoms. The summed E-state index contributed by atoms with van der Waals surface area (Å²) in [7, 11) is 1.72. The maximum atomic E-state index is 12.2. The molecule has 0 bridgehead atoms. The minimum absolute atomic E-state index is 0.163. The van der Waals surface area contributed by atoms with E-state index in [1.54, 1.807) is 7.05 Å². The molecule has 0 radical (unpaired) electrons. The molecular formula is C17H21ClN4O. The number of hydrogen-bond donors (Lipinski definition) is 1. The fourth-order valence-electron chi connectivity index (χ4n) is 2.98. The zero-order valence-electron chi connectivity index (χ0n) is 13.4. The van der Waals surface area contributed by atoms with Crippen molar-refractivity contribution in [2.75, 3.05) is 24.5 Å². The van der Waals surface area contributed by atoms with Gasteiger partial charge in [0.1, 0.15) is 5.69 Å². The zero-order valence-corrected chi connectivity index (χ0v) is 14.2. The first-order chi connectivity index (χ1) is 11.0. The average molecular weight is 333 g/mol. The molecule has 1 aliphatic rings. The molecule has 122 valence electrons.